The predicted molar refractivity (Wildman–Crippen MR) is 130 cm³/mol. The molecular formula is C26H45NO6S. The first-order valence-corrected chi connectivity index (χ1v) is 15.0. The van der Waals surface area contributed by atoms with Gasteiger partial charge < -0.3 is 10.2 Å². The summed E-state index contributed by atoms with van der Waals surface area (Å²) in [6.07, 6.45) is 8.63. The van der Waals surface area contributed by atoms with Crippen LogP contribution in [0.2, 0.25) is 0 Å². The summed E-state index contributed by atoms with van der Waals surface area (Å²) in [6, 6.07) is 0. The van der Waals surface area contributed by atoms with Crippen molar-refractivity contribution in [2.75, 3.05) is 5.75 Å². The van der Waals surface area contributed by atoms with Crippen LogP contribution in [0.15, 0.2) is 0 Å². The monoisotopic (exact) mass is 499 g/mol. The van der Waals surface area contributed by atoms with Gasteiger partial charge in [-0.15, -0.1) is 4.28 Å². The normalized spacial score (nSPS) is 45.1. The van der Waals surface area contributed by atoms with E-state index in [1.165, 1.54) is 6.92 Å². The average molecular weight is 500 g/mol. The highest BCUT2D eigenvalue weighted by Gasteiger charge is 2.62. The molecule has 4 aliphatic rings. The average Bonchev–Trinajstić information content (AvgIpc) is 3.14. The van der Waals surface area contributed by atoms with Gasteiger partial charge in [0.05, 0.1) is 18.0 Å². The van der Waals surface area contributed by atoms with Crippen molar-refractivity contribution in [1.29, 1.82) is 0 Å². The van der Waals surface area contributed by atoms with Crippen molar-refractivity contribution in [1.82, 2.24) is 5.48 Å². The van der Waals surface area contributed by atoms with E-state index < -0.39 is 16.0 Å². The molecule has 0 aromatic heterocycles. The third-order valence-corrected chi connectivity index (χ3v) is 11.9. The number of amides is 1. The lowest BCUT2D eigenvalue weighted by Crippen LogP contribution is -2.58. The van der Waals surface area contributed by atoms with E-state index in [-0.39, 0.29) is 35.2 Å². The van der Waals surface area contributed by atoms with E-state index in [2.05, 4.69) is 30.5 Å². The minimum absolute atomic E-state index is 0.164. The number of fused-ring (bicyclic) bond motifs is 5. The highest BCUT2D eigenvalue weighted by atomic mass is 32.2. The SMILES string of the molecule is CCS(=O)(=O)ONC(=O)CCC(C)[C@H]1CC[C@H]2[C@@H]3[C@H](O)C[C@@H]4C[C@H](O)CC[C@]4(C)[C@H]3CC[C@]12C. The smallest absolute Gasteiger partial charge is 0.287 e. The molecule has 4 rings (SSSR count). The summed E-state index contributed by atoms with van der Waals surface area (Å²) in [5.74, 6) is 2.06. The maximum atomic E-state index is 12.2. The second-order valence-corrected chi connectivity index (χ2v) is 14.3. The number of aliphatic hydroxyl groups is 2. The molecule has 0 heterocycles. The first-order chi connectivity index (χ1) is 15.9. The number of hydroxylamine groups is 1. The number of rotatable bonds is 7. The molecule has 196 valence electrons. The zero-order valence-corrected chi connectivity index (χ0v) is 22.1. The molecule has 8 heteroatoms. The fraction of sp³-hybridized carbons (Fsp3) is 0.962. The van der Waals surface area contributed by atoms with Crippen LogP contribution in [0.5, 0.6) is 0 Å². The summed E-state index contributed by atoms with van der Waals surface area (Å²) in [7, 11) is -3.70. The fourth-order valence-electron chi connectivity index (χ4n) is 8.96. The second-order valence-electron chi connectivity index (χ2n) is 12.4. The van der Waals surface area contributed by atoms with E-state index in [1.54, 1.807) is 0 Å². The molecule has 1 unspecified atom stereocenters. The number of hydrogen-bond acceptors (Lipinski definition) is 6. The van der Waals surface area contributed by atoms with Crippen LogP contribution in [0.1, 0.15) is 91.9 Å². The van der Waals surface area contributed by atoms with Gasteiger partial charge in [0.25, 0.3) is 10.1 Å². The molecule has 7 nitrogen and oxygen atoms in total. The van der Waals surface area contributed by atoms with Crippen molar-refractivity contribution < 1.29 is 27.7 Å². The Balaban J connectivity index is 1.41. The number of carbonyl (C=O) groups excluding carboxylic acids is 1. The van der Waals surface area contributed by atoms with Gasteiger partial charge in [0.2, 0.25) is 5.91 Å². The van der Waals surface area contributed by atoms with Gasteiger partial charge in [0, 0.05) is 6.42 Å². The molecule has 4 fully saturated rings. The molecule has 0 aliphatic heterocycles. The minimum Gasteiger partial charge on any atom is -0.393 e. The third kappa shape index (κ3) is 4.69. The number of hydrogen-bond donors (Lipinski definition) is 3. The number of carbonyl (C=O) groups is 1. The van der Waals surface area contributed by atoms with Crippen molar-refractivity contribution >= 4 is 16.0 Å². The lowest BCUT2D eigenvalue weighted by Gasteiger charge is -2.62. The van der Waals surface area contributed by atoms with Gasteiger partial charge in [-0.05, 0) is 111 Å². The summed E-state index contributed by atoms with van der Waals surface area (Å²) in [4.78, 5) is 12.2. The maximum Gasteiger partial charge on any atom is 0.287 e. The van der Waals surface area contributed by atoms with E-state index >= 15 is 0 Å². The molecule has 0 saturated heterocycles. The molecule has 0 radical (unpaired) electrons. The topological polar surface area (TPSA) is 113 Å². The van der Waals surface area contributed by atoms with Gasteiger partial charge in [0.1, 0.15) is 0 Å². The fourth-order valence-corrected chi connectivity index (χ4v) is 9.29. The Kier molecular flexibility index (Phi) is 7.47. The molecule has 10 atom stereocenters. The van der Waals surface area contributed by atoms with Crippen LogP contribution in [-0.4, -0.2) is 42.5 Å². The minimum atomic E-state index is -3.70. The largest absolute Gasteiger partial charge is 0.393 e. The Labute approximate surface area is 205 Å². The van der Waals surface area contributed by atoms with Crippen molar-refractivity contribution in [3.8, 4) is 0 Å². The molecule has 3 N–H and O–H groups in total. The maximum absolute atomic E-state index is 12.2. The van der Waals surface area contributed by atoms with Crippen LogP contribution in [0.3, 0.4) is 0 Å². The van der Waals surface area contributed by atoms with Crippen molar-refractivity contribution in [2.45, 2.75) is 104 Å². The molecule has 4 aliphatic carbocycles. The van der Waals surface area contributed by atoms with E-state index in [9.17, 15) is 23.4 Å². The Bertz CT molecular complexity index is 863. The van der Waals surface area contributed by atoms with Gasteiger partial charge in [-0.2, -0.15) is 8.42 Å². The van der Waals surface area contributed by atoms with E-state index in [0.717, 1.165) is 51.4 Å². The predicted octanol–water partition coefficient (Wildman–Crippen LogP) is 3.79. The Morgan fingerprint density at radius 3 is 2.44 bits per heavy atom. The Hall–Kier alpha value is -0.700. The lowest BCUT2D eigenvalue weighted by atomic mass is 9.43. The molecule has 1 amide bonds. The zero-order valence-electron chi connectivity index (χ0n) is 21.3. The van der Waals surface area contributed by atoms with Gasteiger partial charge >= 0.3 is 0 Å². The summed E-state index contributed by atoms with van der Waals surface area (Å²) in [6.45, 7) is 8.55. The zero-order chi connectivity index (χ0) is 24.9. The molecule has 0 aromatic rings. The van der Waals surface area contributed by atoms with Gasteiger partial charge in [-0.25, -0.2) is 5.48 Å². The van der Waals surface area contributed by atoms with Crippen LogP contribution in [-0.2, 0) is 19.2 Å². The van der Waals surface area contributed by atoms with Gasteiger partial charge in [-0.1, -0.05) is 20.8 Å². The van der Waals surface area contributed by atoms with Gasteiger partial charge in [0.15, 0.2) is 0 Å². The third-order valence-electron chi connectivity index (χ3n) is 10.9. The second kappa shape index (κ2) is 9.64. The quantitative estimate of drug-likeness (QED) is 0.460. The van der Waals surface area contributed by atoms with E-state index in [1.807, 2.05) is 0 Å². The van der Waals surface area contributed by atoms with Crippen molar-refractivity contribution in [3.05, 3.63) is 0 Å². The standard InChI is InChI=1S/C26H45NO6S/c1-5-34(31,32)33-27-23(30)9-6-16(2)19-7-8-20-24-21(11-13-26(19,20)4)25(3)12-10-18(28)14-17(25)15-22(24)29/h16-22,24,28-29H,5-15H2,1-4H3,(H,27,30)/t16?,17-,18+,19+,20-,21-,22+,24-,25-,26+/m0/s1. The van der Waals surface area contributed by atoms with Crippen molar-refractivity contribution in [3.63, 3.8) is 0 Å². The van der Waals surface area contributed by atoms with Crippen LogP contribution in [0.25, 0.3) is 0 Å². The summed E-state index contributed by atoms with van der Waals surface area (Å²) in [5, 5.41) is 21.6. The summed E-state index contributed by atoms with van der Waals surface area (Å²) >= 11 is 0. The van der Waals surface area contributed by atoms with E-state index in [0.29, 0.717) is 41.9 Å². The first kappa shape index (κ1) is 26.4. The highest BCUT2D eigenvalue weighted by molar-refractivity contribution is 7.86. The molecule has 4 saturated carbocycles. The number of nitrogens with one attached hydrogen (secondary N) is 1. The summed E-state index contributed by atoms with van der Waals surface area (Å²) in [5.41, 5.74) is 2.48. The Morgan fingerprint density at radius 2 is 1.74 bits per heavy atom. The first-order valence-electron chi connectivity index (χ1n) is 13.5. The summed E-state index contributed by atoms with van der Waals surface area (Å²) < 4.78 is 27.5. The van der Waals surface area contributed by atoms with Crippen LogP contribution in [0, 0.1) is 46.3 Å². The lowest BCUT2D eigenvalue weighted by molar-refractivity contribution is -0.174. The number of aliphatic hydroxyl groups excluding tert-OH is 2. The van der Waals surface area contributed by atoms with E-state index in [4.69, 9.17) is 0 Å². The van der Waals surface area contributed by atoms with Crippen molar-refractivity contribution in [2.24, 2.45) is 46.3 Å². The molecule has 34 heavy (non-hydrogen) atoms. The van der Waals surface area contributed by atoms with Crippen LogP contribution >= 0.6 is 0 Å². The highest BCUT2D eigenvalue weighted by Crippen LogP contribution is 2.68. The molecular weight excluding hydrogens is 454 g/mol. The molecule has 0 bridgehead atoms. The molecule has 0 aromatic carbocycles. The van der Waals surface area contributed by atoms with Gasteiger partial charge in [-0.3, -0.25) is 4.79 Å². The van der Waals surface area contributed by atoms with Crippen LogP contribution in [0.4, 0.5) is 0 Å². The molecule has 0 spiro atoms. The Morgan fingerprint density at radius 1 is 1.06 bits per heavy atom. The van der Waals surface area contributed by atoms with Crippen LogP contribution < -0.4 is 5.48 Å².